The van der Waals surface area contributed by atoms with E-state index in [1.165, 1.54) is 11.6 Å². The van der Waals surface area contributed by atoms with Crippen LogP contribution in [0.5, 0.6) is 5.75 Å². The molecule has 0 saturated carbocycles. The second-order valence-electron chi connectivity index (χ2n) is 7.24. The first-order valence-corrected chi connectivity index (χ1v) is 10.1. The smallest absolute Gasteiger partial charge is 0.201 e. The molecule has 1 aliphatic heterocycles. The summed E-state index contributed by atoms with van der Waals surface area (Å²) in [4.78, 5) is 0. The summed E-state index contributed by atoms with van der Waals surface area (Å²) < 4.78 is 40.1. The van der Waals surface area contributed by atoms with Gasteiger partial charge in [-0.05, 0) is 49.4 Å². The maximum atomic E-state index is 14.5. The Balaban J connectivity index is 1.70. The van der Waals surface area contributed by atoms with E-state index in [1.54, 1.807) is 6.07 Å². The lowest BCUT2D eigenvalue weighted by Gasteiger charge is -2.27. The van der Waals surface area contributed by atoms with Crippen molar-refractivity contribution in [3.05, 3.63) is 65.7 Å². The minimum Gasteiger partial charge on any atom is -0.490 e. The number of hydrogen-bond acceptors (Lipinski definition) is 2. The average Bonchev–Trinajstić information content (AvgIpc) is 2.72. The molecule has 4 heteroatoms. The van der Waals surface area contributed by atoms with E-state index in [9.17, 15) is 8.78 Å². The van der Waals surface area contributed by atoms with Gasteiger partial charge in [0.15, 0.2) is 11.6 Å². The SMILES string of the molecule is CC=CC1CCC(c2ccc(-c3ccc(OCCCC)c(F)c3F)cc2)CO1. The first kappa shape index (κ1) is 20.5. The molecule has 2 aromatic carbocycles. The topological polar surface area (TPSA) is 18.5 Å². The van der Waals surface area contributed by atoms with Gasteiger partial charge < -0.3 is 9.47 Å². The van der Waals surface area contributed by atoms with Gasteiger partial charge in [-0.25, -0.2) is 4.39 Å². The highest BCUT2D eigenvalue weighted by molar-refractivity contribution is 5.65. The summed E-state index contributed by atoms with van der Waals surface area (Å²) in [6.07, 6.45) is 8.12. The van der Waals surface area contributed by atoms with E-state index < -0.39 is 11.6 Å². The number of rotatable bonds is 7. The van der Waals surface area contributed by atoms with Crippen molar-refractivity contribution in [2.75, 3.05) is 13.2 Å². The van der Waals surface area contributed by atoms with Crippen molar-refractivity contribution in [3.8, 4) is 16.9 Å². The summed E-state index contributed by atoms with van der Waals surface area (Å²) in [5.41, 5.74) is 2.08. The molecule has 0 bridgehead atoms. The summed E-state index contributed by atoms with van der Waals surface area (Å²) in [6, 6.07) is 10.8. The quantitative estimate of drug-likeness (QED) is 0.392. The van der Waals surface area contributed by atoms with E-state index in [4.69, 9.17) is 9.47 Å². The Kier molecular flexibility index (Phi) is 7.21. The Labute approximate surface area is 166 Å². The Morgan fingerprint density at radius 2 is 1.86 bits per heavy atom. The third-order valence-electron chi connectivity index (χ3n) is 5.21. The third kappa shape index (κ3) is 4.79. The standard InChI is InChI=1S/C24H28F2O2/c1-3-5-15-27-22-14-13-21(23(25)24(22)26)18-9-7-17(8-10-18)19-11-12-20(6-4-2)28-16-19/h4,6-10,13-14,19-20H,3,5,11-12,15-16H2,1-2H3. The average molecular weight is 386 g/mol. The van der Waals surface area contributed by atoms with Crippen molar-refractivity contribution in [1.29, 1.82) is 0 Å². The van der Waals surface area contributed by atoms with Crippen LogP contribution in [-0.4, -0.2) is 19.3 Å². The highest BCUT2D eigenvalue weighted by atomic mass is 19.2. The summed E-state index contributed by atoms with van der Waals surface area (Å²) in [5, 5.41) is 0. The van der Waals surface area contributed by atoms with Crippen molar-refractivity contribution in [3.63, 3.8) is 0 Å². The van der Waals surface area contributed by atoms with Crippen LogP contribution in [0.15, 0.2) is 48.6 Å². The van der Waals surface area contributed by atoms with Crippen molar-refractivity contribution < 1.29 is 18.3 Å². The normalized spacial score (nSPS) is 19.9. The zero-order chi connectivity index (χ0) is 19.9. The van der Waals surface area contributed by atoms with Crippen LogP contribution in [0.25, 0.3) is 11.1 Å². The van der Waals surface area contributed by atoms with Crippen molar-refractivity contribution in [2.24, 2.45) is 0 Å². The third-order valence-corrected chi connectivity index (χ3v) is 5.21. The summed E-state index contributed by atoms with van der Waals surface area (Å²) >= 11 is 0. The van der Waals surface area contributed by atoms with Gasteiger partial charge >= 0.3 is 0 Å². The van der Waals surface area contributed by atoms with E-state index >= 15 is 0 Å². The molecule has 150 valence electrons. The van der Waals surface area contributed by atoms with Crippen LogP contribution in [0.3, 0.4) is 0 Å². The second-order valence-corrected chi connectivity index (χ2v) is 7.24. The number of hydrogen-bond donors (Lipinski definition) is 0. The molecular formula is C24H28F2O2. The molecule has 1 aliphatic rings. The van der Waals surface area contributed by atoms with Crippen LogP contribution in [0.1, 0.15) is 51.0 Å². The molecule has 2 atom stereocenters. The van der Waals surface area contributed by atoms with Gasteiger partial charge in [-0.1, -0.05) is 49.8 Å². The minimum absolute atomic E-state index is 0.0265. The van der Waals surface area contributed by atoms with E-state index in [0.29, 0.717) is 24.7 Å². The van der Waals surface area contributed by atoms with Gasteiger partial charge in [0.25, 0.3) is 0 Å². The molecule has 28 heavy (non-hydrogen) atoms. The van der Waals surface area contributed by atoms with E-state index in [0.717, 1.165) is 25.7 Å². The van der Waals surface area contributed by atoms with Gasteiger partial charge in [0.2, 0.25) is 5.82 Å². The molecule has 0 radical (unpaired) electrons. The fourth-order valence-corrected chi connectivity index (χ4v) is 3.53. The van der Waals surface area contributed by atoms with Crippen LogP contribution in [-0.2, 0) is 4.74 Å². The highest BCUT2D eigenvalue weighted by Gasteiger charge is 2.22. The predicted octanol–water partition coefficient (Wildman–Crippen LogP) is 6.65. The lowest BCUT2D eigenvalue weighted by Crippen LogP contribution is -2.23. The Hall–Kier alpha value is -2.20. The molecule has 0 aromatic heterocycles. The van der Waals surface area contributed by atoms with Crippen LogP contribution in [0.4, 0.5) is 8.78 Å². The maximum Gasteiger partial charge on any atom is 0.201 e. The van der Waals surface area contributed by atoms with Crippen LogP contribution in [0, 0.1) is 11.6 Å². The zero-order valence-electron chi connectivity index (χ0n) is 16.6. The Morgan fingerprint density at radius 1 is 1.07 bits per heavy atom. The lowest BCUT2D eigenvalue weighted by molar-refractivity contribution is 0.0326. The molecule has 3 rings (SSSR count). The lowest BCUT2D eigenvalue weighted by atomic mass is 9.90. The molecule has 0 N–H and O–H groups in total. The van der Waals surface area contributed by atoms with E-state index in [2.05, 4.69) is 6.08 Å². The first-order chi connectivity index (χ1) is 13.6. The maximum absolute atomic E-state index is 14.5. The molecule has 0 aliphatic carbocycles. The number of halogens is 2. The highest BCUT2D eigenvalue weighted by Crippen LogP contribution is 2.33. The van der Waals surface area contributed by atoms with Crippen molar-refractivity contribution >= 4 is 0 Å². The van der Waals surface area contributed by atoms with Gasteiger partial charge in [-0.2, -0.15) is 4.39 Å². The van der Waals surface area contributed by atoms with E-state index in [-0.39, 0.29) is 17.4 Å². The van der Waals surface area contributed by atoms with Crippen LogP contribution >= 0.6 is 0 Å². The Bertz CT molecular complexity index is 791. The summed E-state index contributed by atoms with van der Waals surface area (Å²) in [7, 11) is 0. The zero-order valence-corrected chi connectivity index (χ0v) is 16.6. The first-order valence-electron chi connectivity index (χ1n) is 10.1. The summed E-state index contributed by atoms with van der Waals surface area (Å²) in [6.45, 7) is 5.09. The molecule has 2 nitrogen and oxygen atoms in total. The number of benzene rings is 2. The van der Waals surface area contributed by atoms with Crippen LogP contribution in [0.2, 0.25) is 0 Å². The summed E-state index contributed by atoms with van der Waals surface area (Å²) in [5.74, 6) is -1.47. The van der Waals surface area contributed by atoms with Gasteiger partial charge in [0, 0.05) is 11.5 Å². The molecule has 1 saturated heterocycles. The number of allylic oxidation sites excluding steroid dienone is 1. The molecular weight excluding hydrogens is 358 g/mol. The van der Waals surface area contributed by atoms with Crippen molar-refractivity contribution in [1.82, 2.24) is 0 Å². The van der Waals surface area contributed by atoms with Gasteiger partial charge in [0.05, 0.1) is 19.3 Å². The predicted molar refractivity (Wildman–Crippen MR) is 109 cm³/mol. The van der Waals surface area contributed by atoms with E-state index in [1.807, 2.05) is 44.2 Å². The molecule has 0 spiro atoms. The van der Waals surface area contributed by atoms with Crippen molar-refractivity contribution in [2.45, 2.75) is 51.6 Å². The molecule has 2 aromatic rings. The molecule has 0 amide bonds. The van der Waals surface area contributed by atoms with Gasteiger partial charge in [-0.3, -0.25) is 0 Å². The fourth-order valence-electron chi connectivity index (χ4n) is 3.53. The fraction of sp³-hybridized carbons (Fsp3) is 0.417. The van der Waals surface area contributed by atoms with Gasteiger partial charge in [-0.15, -0.1) is 0 Å². The molecule has 1 fully saturated rings. The molecule has 2 unspecified atom stereocenters. The number of unbranched alkanes of at least 4 members (excludes halogenated alkanes) is 1. The second kappa shape index (κ2) is 9.83. The minimum atomic E-state index is -0.923. The number of ether oxygens (including phenoxy) is 2. The molecule has 1 heterocycles. The largest absolute Gasteiger partial charge is 0.490 e. The Morgan fingerprint density at radius 3 is 2.50 bits per heavy atom. The monoisotopic (exact) mass is 386 g/mol. The van der Waals surface area contributed by atoms with Crippen LogP contribution < -0.4 is 4.74 Å². The van der Waals surface area contributed by atoms with Gasteiger partial charge in [0.1, 0.15) is 0 Å².